The molecule has 0 radical (unpaired) electrons. The molecule has 5 nitrogen and oxygen atoms in total. The van der Waals surface area contributed by atoms with Crippen molar-refractivity contribution in [2.24, 2.45) is 7.05 Å². The van der Waals surface area contributed by atoms with E-state index in [1.807, 2.05) is 38.2 Å². The fraction of sp³-hybridized carbons (Fsp3) is 0.474. The maximum absolute atomic E-state index is 11.6. The maximum Gasteiger partial charge on any atom is 0.224 e. The van der Waals surface area contributed by atoms with Gasteiger partial charge in [-0.2, -0.15) is 5.10 Å². The normalized spacial score (nSPS) is 11.1. The molecular weight excluding hydrogens is 336 g/mol. The number of hydrogen-bond acceptors (Lipinski definition) is 3. The molecule has 1 aromatic heterocycles. The summed E-state index contributed by atoms with van der Waals surface area (Å²) in [5.74, 6) is 0.391. The van der Waals surface area contributed by atoms with Crippen LogP contribution >= 0.6 is 11.6 Å². The Morgan fingerprint density at radius 2 is 1.92 bits per heavy atom. The highest BCUT2D eigenvalue weighted by Crippen LogP contribution is 2.25. The van der Waals surface area contributed by atoms with E-state index in [4.69, 9.17) is 11.6 Å². The summed E-state index contributed by atoms with van der Waals surface area (Å²) in [4.78, 5) is 11.6. The number of benzene rings is 1. The minimum Gasteiger partial charge on any atom is -0.326 e. The Labute approximate surface area is 154 Å². The van der Waals surface area contributed by atoms with Gasteiger partial charge in [0.15, 0.2) is 0 Å². The lowest BCUT2D eigenvalue weighted by Crippen LogP contribution is -2.14. The van der Waals surface area contributed by atoms with Gasteiger partial charge in [0.25, 0.3) is 0 Å². The zero-order valence-corrected chi connectivity index (χ0v) is 16.2. The first-order valence-corrected chi connectivity index (χ1v) is 9.11. The summed E-state index contributed by atoms with van der Waals surface area (Å²) in [6, 6.07) is 7.90. The van der Waals surface area contributed by atoms with Crippen LogP contribution in [0.2, 0.25) is 5.15 Å². The minimum absolute atomic E-state index is 0.0563. The topological polar surface area (TPSA) is 59.0 Å². The van der Waals surface area contributed by atoms with E-state index in [-0.39, 0.29) is 5.91 Å². The van der Waals surface area contributed by atoms with E-state index in [9.17, 15) is 4.79 Å². The average Bonchev–Trinajstić information content (AvgIpc) is 2.85. The van der Waals surface area contributed by atoms with E-state index in [1.54, 1.807) is 4.68 Å². The van der Waals surface area contributed by atoms with Gasteiger partial charge in [-0.05, 0) is 30.0 Å². The number of hydrogen-bond donors (Lipinski definition) is 2. The molecule has 1 aromatic carbocycles. The zero-order valence-electron chi connectivity index (χ0n) is 15.4. The second kappa shape index (κ2) is 9.02. The largest absolute Gasteiger partial charge is 0.326 e. The van der Waals surface area contributed by atoms with E-state index in [1.165, 1.54) is 0 Å². The van der Waals surface area contributed by atoms with E-state index in [2.05, 4.69) is 29.6 Å². The SMILES string of the molecule is CCCC(=O)Nc1ccc(CNCc2c(C(C)C)nn(C)c2Cl)cc1. The lowest BCUT2D eigenvalue weighted by Gasteiger charge is -2.09. The maximum atomic E-state index is 11.6. The fourth-order valence-corrected chi connectivity index (χ4v) is 2.88. The Morgan fingerprint density at radius 1 is 1.24 bits per heavy atom. The lowest BCUT2D eigenvalue weighted by atomic mass is 10.1. The molecule has 0 unspecified atom stereocenters. The number of carbonyl (C=O) groups excluding carboxylic acids is 1. The Balaban J connectivity index is 1.91. The number of aromatic nitrogens is 2. The first-order valence-electron chi connectivity index (χ1n) is 8.73. The fourth-order valence-electron chi connectivity index (χ4n) is 2.68. The molecule has 0 aliphatic rings. The molecule has 0 aliphatic carbocycles. The molecule has 2 N–H and O–H groups in total. The van der Waals surface area contributed by atoms with Gasteiger partial charge < -0.3 is 10.6 Å². The highest BCUT2D eigenvalue weighted by molar-refractivity contribution is 6.30. The highest BCUT2D eigenvalue weighted by Gasteiger charge is 2.16. The van der Waals surface area contributed by atoms with Crippen LogP contribution < -0.4 is 10.6 Å². The molecule has 1 amide bonds. The third kappa shape index (κ3) is 5.31. The molecule has 0 fully saturated rings. The second-order valence-electron chi connectivity index (χ2n) is 6.53. The first-order chi connectivity index (χ1) is 11.9. The highest BCUT2D eigenvalue weighted by atomic mass is 35.5. The predicted molar refractivity (Wildman–Crippen MR) is 103 cm³/mol. The quantitative estimate of drug-likeness (QED) is 0.738. The van der Waals surface area contributed by atoms with Crippen LogP contribution in [-0.2, 0) is 24.9 Å². The Bertz CT molecular complexity index is 707. The van der Waals surface area contributed by atoms with Crippen LogP contribution in [-0.4, -0.2) is 15.7 Å². The predicted octanol–water partition coefficient (Wildman–Crippen LogP) is 4.23. The number of amides is 1. The van der Waals surface area contributed by atoms with Crippen LogP contribution in [0.15, 0.2) is 24.3 Å². The van der Waals surface area contributed by atoms with Crippen molar-refractivity contribution in [3.63, 3.8) is 0 Å². The molecule has 136 valence electrons. The van der Waals surface area contributed by atoms with Gasteiger partial charge in [-0.3, -0.25) is 9.48 Å². The van der Waals surface area contributed by atoms with E-state index in [0.29, 0.717) is 24.0 Å². The Morgan fingerprint density at radius 3 is 2.52 bits per heavy atom. The third-order valence-electron chi connectivity index (χ3n) is 3.99. The number of halogens is 1. The first kappa shape index (κ1) is 19.5. The number of carbonyl (C=O) groups is 1. The second-order valence-corrected chi connectivity index (χ2v) is 6.89. The van der Waals surface area contributed by atoms with Crippen LogP contribution in [0.5, 0.6) is 0 Å². The summed E-state index contributed by atoms with van der Waals surface area (Å²) in [6.07, 6.45) is 1.40. The van der Waals surface area contributed by atoms with Crippen LogP contribution in [0.3, 0.4) is 0 Å². The zero-order chi connectivity index (χ0) is 18.4. The summed E-state index contributed by atoms with van der Waals surface area (Å²) in [6.45, 7) is 7.64. The van der Waals surface area contributed by atoms with Crippen molar-refractivity contribution >= 4 is 23.2 Å². The molecule has 25 heavy (non-hydrogen) atoms. The van der Waals surface area contributed by atoms with Gasteiger partial charge in [0.2, 0.25) is 5.91 Å². The average molecular weight is 363 g/mol. The Hall–Kier alpha value is -1.85. The molecule has 1 heterocycles. The van der Waals surface area contributed by atoms with Crippen molar-refractivity contribution in [1.29, 1.82) is 0 Å². The molecule has 0 bridgehead atoms. The van der Waals surface area contributed by atoms with E-state index >= 15 is 0 Å². The van der Waals surface area contributed by atoms with Crippen molar-refractivity contribution in [1.82, 2.24) is 15.1 Å². The molecule has 2 aromatic rings. The summed E-state index contributed by atoms with van der Waals surface area (Å²) >= 11 is 6.35. The summed E-state index contributed by atoms with van der Waals surface area (Å²) in [5, 5.41) is 11.5. The summed E-state index contributed by atoms with van der Waals surface area (Å²) in [5.41, 5.74) is 4.08. The molecular formula is C19H27ClN4O. The van der Waals surface area contributed by atoms with Gasteiger partial charge >= 0.3 is 0 Å². The van der Waals surface area contributed by atoms with Gasteiger partial charge in [0.05, 0.1) is 5.69 Å². The van der Waals surface area contributed by atoms with E-state index < -0.39 is 0 Å². The van der Waals surface area contributed by atoms with Crippen LogP contribution in [0.25, 0.3) is 0 Å². The molecule has 0 aliphatic heterocycles. The van der Waals surface area contributed by atoms with Gasteiger partial charge in [-0.1, -0.05) is 44.5 Å². The molecule has 2 rings (SSSR count). The molecule has 0 atom stereocenters. The number of nitrogens with zero attached hydrogens (tertiary/aromatic N) is 2. The van der Waals surface area contributed by atoms with Crippen molar-refractivity contribution in [2.75, 3.05) is 5.32 Å². The van der Waals surface area contributed by atoms with Crippen LogP contribution in [0.1, 0.15) is 56.4 Å². The molecule has 0 saturated carbocycles. The van der Waals surface area contributed by atoms with Crippen molar-refractivity contribution < 1.29 is 4.79 Å². The number of aryl methyl sites for hydroxylation is 1. The van der Waals surface area contributed by atoms with Crippen LogP contribution in [0.4, 0.5) is 5.69 Å². The van der Waals surface area contributed by atoms with Crippen LogP contribution in [0, 0.1) is 0 Å². The lowest BCUT2D eigenvalue weighted by molar-refractivity contribution is -0.116. The molecule has 6 heteroatoms. The summed E-state index contributed by atoms with van der Waals surface area (Å²) in [7, 11) is 1.86. The molecule has 0 saturated heterocycles. The van der Waals surface area contributed by atoms with Crippen molar-refractivity contribution in [3.05, 3.63) is 46.2 Å². The summed E-state index contributed by atoms with van der Waals surface area (Å²) < 4.78 is 1.72. The molecule has 0 spiro atoms. The monoisotopic (exact) mass is 362 g/mol. The minimum atomic E-state index is 0.0563. The smallest absolute Gasteiger partial charge is 0.224 e. The van der Waals surface area contributed by atoms with Gasteiger partial charge in [0.1, 0.15) is 5.15 Å². The van der Waals surface area contributed by atoms with Crippen molar-refractivity contribution in [2.45, 2.75) is 52.6 Å². The third-order valence-corrected chi connectivity index (χ3v) is 4.47. The standard InChI is InChI=1S/C19H27ClN4O/c1-5-6-17(25)22-15-9-7-14(8-10-15)11-21-12-16-18(13(2)3)23-24(4)19(16)20/h7-10,13,21H,5-6,11-12H2,1-4H3,(H,22,25). The number of anilines is 1. The van der Waals surface area contributed by atoms with Gasteiger partial charge in [-0.25, -0.2) is 0 Å². The Kier molecular flexibility index (Phi) is 7.02. The number of nitrogens with one attached hydrogen (secondary N) is 2. The van der Waals surface area contributed by atoms with E-state index in [0.717, 1.165) is 35.5 Å². The van der Waals surface area contributed by atoms with Gasteiger partial charge in [0, 0.05) is 37.8 Å². The van der Waals surface area contributed by atoms with Crippen molar-refractivity contribution in [3.8, 4) is 0 Å². The van der Waals surface area contributed by atoms with Gasteiger partial charge in [-0.15, -0.1) is 0 Å². The number of rotatable bonds is 8.